The summed E-state index contributed by atoms with van der Waals surface area (Å²) in [7, 11) is 0. The third-order valence-corrected chi connectivity index (χ3v) is 2.36. The second-order valence-electron chi connectivity index (χ2n) is 3.95. The second-order valence-corrected chi connectivity index (χ2v) is 3.95. The van der Waals surface area contributed by atoms with Crippen LogP contribution in [0.15, 0.2) is 49.1 Å². The lowest BCUT2D eigenvalue weighted by Crippen LogP contribution is -2.31. The fourth-order valence-corrected chi connectivity index (χ4v) is 1.68. The highest BCUT2D eigenvalue weighted by Gasteiger charge is 2.05. The van der Waals surface area contributed by atoms with Gasteiger partial charge < -0.3 is 0 Å². The number of carbonyl (C=O) groups excluding carboxylic acids is 1. The highest BCUT2D eigenvalue weighted by atomic mass is 16.1. The third-order valence-electron chi connectivity index (χ3n) is 2.36. The van der Waals surface area contributed by atoms with Gasteiger partial charge in [0.05, 0.1) is 0 Å². The molecular weight excluding hydrogens is 200 g/mol. The molecule has 1 aromatic carbocycles. The molecule has 3 heteroatoms. The van der Waals surface area contributed by atoms with E-state index in [1.165, 1.54) is 5.56 Å². The molecule has 0 saturated heterocycles. The third kappa shape index (κ3) is 2.79. The molecule has 1 aromatic heterocycles. The summed E-state index contributed by atoms with van der Waals surface area (Å²) in [6.07, 6.45) is 5.86. The van der Waals surface area contributed by atoms with Crippen LogP contribution >= 0.6 is 0 Å². The van der Waals surface area contributed by atoms with Gasteiger partial charge in [0.1, 0.15) is 25.5 Å². The lowest BCUT2D eigenvalue weighted by molar-refractivity contribution is -0.687. The van der Waals surface area contributed by atoms with Crippen LogP contribution in [0.2, 0.25) is 0 Å². The number of Topliss-reactive ketones (excluding diaryl/α,β-unsaturated/α-hetero) is 1. The van der Waals surface area contributed by atoms with Gasteiger partial charge in [0.25, 0.3) is 0 Å². The zero-order chi connectivity index (χ0) is 11.4. The number of nitrogens with zero attached hydrogens (tertiary/aromatic N) is 2. The van der Waals surface area contributed by atoms with Crippen molar-refractivity contribution in [1.29, 1.82) is 0 Å². The Labute approximate surface area is 95.0 Å². The predicted molar refractivity (Wildman–Crippen MR) is 60.9 cm³/mol. The van der Waals surface area contributed by atoms with Crippen molar-refractivity contribution in [2.24, 2.45) is 0 Å². The standard InChI is InChI=1S/C13H15N2O/c1-12(16)9-14-7-8-15(11-14)10-13-5-3-2-4-6-13/h2-8,11H,9-10H2,1H3/q+1. The monoisotopic (exact) mass is 215 g/mol. The van der Waals surface area contributed by atoms with Crippen molar-refractivity contribution in [3.63, 3.8) is 0 Å². The Hall–Kier alpha value is -1.90. The summed E-state index contributed by atoms with van der Waals surface area (Å²) in [4.78, 5) is 11.0. The molecule has 1 heterocycles. The normalized spacial score (nSPS) is 10.3. The fraction of sp³-hybridized carbons (Fsp3) is 0.231. The van der Waals surface area contributed by atoms with Crippen LogP contribution in [0.1, 0.15) is 12.5 Å². The largest absolute Gasteiger partial charge is 0.296 e. The van der Waals surface area contributed by atoms with Gasteiger partial charge in [-0.2, -0.15) is 0 Å². The lowest BCUT2D eigenvalue weighted by Gasteiger charge is -1.96. The van der Waals surface area contributed by atoms with E-state index >= 15 is 0 Å². The summed E-state index contributed by atoms with van der Waals surface area (Å²) in [5.41, 5.74) is 1.26. The molecule has 0 unspecified atom stereocenters. The number of imidazole rings is 1. The van der Waals surface area contributed by atoms with Crippen LogP contribution in [0.25, 0.3) is 0 Å². The summed E-state index contributed by atoms with van der Waals surface area (Å²) in [5.74, 6) is 0.169. The van der Waals surface area contributed by atoms with Crippen LogP contribution in [0.5, 0.6) is 0 Å². The van der Waals surface area contributed by atoms with Crippen molar-refractivity contribution in [3.05, 3.63) is 54.6 Å². The van der Waals surface area contributed by atoms with Crippen molar-refractivity contribution in [3.8, 4) is 0 Å². The fourth-order valence-electron chi connectivity index (χ4n) is 1.68. The highest BCUT2D eigenvalue weighted by molar-refractivity contribution is 5.75. The van der Waals surface area contributed by atoms with Crippen molar-refractivity contribution < 1.29 is 9.36 Å². The van der Waals surface area contributed by atoms with Crippen LogP contribution in [-0.4, -0.2) is 10.4 Å². The maximum atomic E-state index is 11.0. The molecule has 0 saturated carbocycles. The van der Waals surface area contributed by atoms with Crippen LogP contribution < -0.4 is 4.57 Å². The molecule has 0 radical (unpaired) electrons. The van der Waals surface area contributed by atoms with E-state index in [0.29, 0.717) is 6.54 Å². The molecule has 0 aliphatic heterocycles. The van der Waals surface area contributed by atoms with Gasteiger partial charge in [-0.3, -0.25) is 4.79 Å². The predicted octanol–water partition coefficient (Wildman–Crippen LogP) is 1.41. The van der Waals surface area contributed by atoms with Crippen molar-refractivity contribution in [1.82, 2.24) is 4.57 Å². The second kappa shape index (κ2) is 4.75. The van der Waals surface area contributed by atoms with Gasteiger partial charge in [-0.25, -0.2) is 9.13 Å². The Balaban J connectivity index is 2.06. The molecule has 3 nitrogen and oxygen atoms in total. The van der Waals surface area contributed by atoms with Gasteiger partial charge in [0, 0.05) is 0 Å². The van der Waals surface area contributed by atoms with Crippen molar-refractivity contribution in [2.45, 2.75) is 20.0 Å². The van der Waals surface area contributed by atoms with E-state index in [4.69, 9.17) is 0 Å². The first-order valence-electron chi connectivity index (χ1n) is 5.32. The Morgan fingerprint density at radius 3 is 2.75 bits per heavy atom. The average molecular weight is 215 g/mol. The Kier molecular flexibility index (Phi) is 3.15. The van der Waals surface area contributed by atoms with Crippen LogP contribution in [0.3, 0.4) is 0 Å². The number of rotatable bonds is 4. The molecule has 0 N–H and O–H groups in total. The van der Waals surface area contributed by atoms with Gasteiger partial charge in [-0.15, -0.1) is 0 Å². The van der Waals surface area contributed by atoms with Gasteiger partial charge in [0.15, 0.2) is 5.78 Å². The first kappa shape index (κ1) is 10.6. The summed E-state index contributed by atoms with van der Waals surface area (Å²) < 4.78 is 3.96. The Bertz CT molecular complexity index is 474. The van der Waals surface area contributed by atoms with E-state index in [2.05, 4.69) is 16.7 Å². The van der Waals surface area contributed by atoms with Gasteiger partial charge in [0.2, 0.25) is 6.33 Å². The maximum Gasteiger partial charge on any atom is 0.244 e. The molecular formula is C13H15N2O+. The van der Waals surface area contributed by atoms with Gasteiger partial charge in [-0.1, -0.05) is 30.3 Å². The molecule has 0 fully saturated rings. The average Bonchev–Trinajstić information content (AvgIpc) is 2.66. The summed E-state index contributed by atoms with van der Waals surface area (Å²) in [5, 5.41) is 0. The smallest absolute Gasteiger partial charge is 0.244 e. The molecule has 0 amide bonds. The topological polar surface area (TPSA) is 25.9 Å². The maximum absolute atomic E-state index is 11.0. The molecule has 82 valence electrons. The van der Waals surface area contributed by atoms with E-state index in [1.807, 2.05) is 41.5 Å². The summed E-state index contributed by atoms with van der Waals surface area (Å²) >= 11 is 0. The van der Waals surface area contributed by atoms with E-state index in [-0.39, 0.29) is 5.78 Å². The van der Waals surface area contributed by atoms with E-state index in [1.54, 1.807) is 6.92 Å². The number of hydrogen-bond acceptors (Lipinski definition) is 1. The molecule has 16 heavy (non-hydrogen) atoms. The number of benzene rings is 1. The minimum absolute atomic E-state index is 0.169. The molecule has 0 bridgehead atoms. The number of carbonyl (C=O) groups is 1. The van der Waals surface area contributed by atoms with Crippen LogP contribution in [-0.2, 0) is 17.9 Å². The zero-order valence-electron chi connectivity index (χ0n) is 9.34. The first-order valence-corrected chi connectivity index (χ1v) is 5.32. The molecule has 0 spiro atoms. The molecule has 2 rings (SSSR count). The summed E-state index contributed by atoms with van der Waals surface area (Å²) in [6.45, 7) is 2.88. The highest BCUT2D eigenvalue weighted by Crippen LogP contribution is 1.97. The Morgan fingerprint density at radius 2 is 2.06 bits per heavy atom. The van der Waals surface area contributed by atoms with E-state index < -0.39 is 0 Å². The first-order chi connectivity index (χ1) is 7.74. The van der Waals surface area contributed by atoms with E-state index in [0.717, 1.165) is 6.54 Å². The lowest BCUT2D eigenvalue weighted by atomic mass is 10.2. The quantitative estimate of drug-likeness (QED) is 0.708. The molecule has 0 aliphatic rings. The minimum Gasteiger partial charge on any atom is -0.296 e. The number of aromatic nitrogens is 2. The zero-order valence-corrected chi connectivity index (χ0v) is 9.34. The van der Waals surface area contributed by atoms with Gasteiger partial charge in [-0.05, 0) is 12.5 Å². The molecule has 0 atom stereocenters. The SMILES string of the molecule is CC(=O)Cn1cc[n+](Cc2ccccc2)c1. The molecule has 0 aliphatic carbocycles. The van der Waals surface area contributed by atoms with Crippen molar-refractivity contribution >= 4 is 5.78 Å². The summed E-state index contributed by atoms with van der Waals surface area (Å²) in [6, 6.07) is 10.3. The van der Waals surface area contributed by atoms with Crippen LogP contribution in [0.4, 0.5) is 0 Å². The van der Waals surface area contributed by atoms with Crippen molar-refractivity contribution in [2.75, 3.05) is 0 Å². The number of ketones is 1. The Morgan fingerprint density at radius 1 is 1.31 bits per heavy atom. The van der Waals surface area contributed by atoms with Gasteiger partial charge >= 0.3 is 0 Å². The van der Waals surface area contributed by atoms with E-state index in [9.17, 15) is 4.79 Å². The molecule has 2 aromatic rings. The van der Waals surface area contributed by atoms with Crippen LogP contribution in [0, 0.1) is 0 Å². The number of hydrogen-bond donors (Lipinski definition) is 0. The minimum atomic E-state index is 0.169.